The fraction of sp³-hybridized carbons (Fsp3) is 0.455. The van der Waals surface area contributed by atoms with E-state index in [4.69, 9.17) is 4.42 Å². The zero-order valence-electron chi connectivity index (χ0n) is 9.40. The Hall–Kier alpha value is -1.30. The lowest BCUT2D eigenvalue weighted by molar-refractivity contribution is -0.124. The highest BCUT2D eigenvalue weighted by molar-refractivity contribution is 9.10. The van der Waals surface area contributed by atoms with E-state index in [0.29, 0.717) is 17.6 Å². The van der Waals surface area contributed by atoms with E-state index in [1.807, 2.05) is 0 Å². The van der Waals surface area contributed by atoms with E-state index in [2.05, 4.69) is 21.2 Å². The normalized spacial score (nSPS) is 19.4. The van der Waals surface area contributed by atoms with Crippen molar-refractivity contribution in [3.8, 4) is 0 Å². The Kier molecular flexibility index (Phi) is 3.51. The number of likely N-dealkylation sites (tertiary alicyclic amines) is 1. The molecule has 1 aromatic heterocycles. The third kappa shape index (κ3) is 2.36. The summed E-state index contributed by atoms with van der Waals surface area (Å²) in [5.74, 6) is -0.101. The highest BCUT2D eigenvalue weighted by Crippen LogP contribution is 2.22. The number of furan rings is 1. The van der Waals surface area contributed by atoms with Gasteiger partial charge in [0.1, 0.15) is 6.04 Å². The van der Waals surface area contributed by atoms with Crippen LogP contribution in [0.4, 0.5) is 0 Å². The molecular formula is C11H13BrN2O3. The van der Waals surface area contributed by atoms with Gasteiger partial charge in [-0.05, 0) is 40.9 Å². The number of hydrogen-bond donors (Lipinski definition) is 1. The second kappa shape index (κ2) is 4.91. The molecule has 0 aliphatic carbocycles. The number of rotatable bonds is 2. The van der Waals surface area contributed by atoms with Crippen LogP contribution in [0.15, 0.2) is 21.2 Å². The van der Waals surface area contributed by atoms with Crippen molar-refractivity contribution < 1.29 is 14.0 Å². The first-order chi connectivity index (χ1) is 8.13. The third-order valence-corrected chi connectivity index (χ3v) is 3.27. The highest BCUT2D eigenvalue weighted by atomic mass is 79.9. The van der Waals surface area contributed by atoms with Crippen molar-refractivity contribution in [2.75, 3.05) is 13.6 Å². The molecule has 1 aliphatic heterocycles. The van der Waals surface area contributed by atoms with Gasteiger partial charge in [0.25, 0.3) is 5.91 Å². The Labute approximate surface area is 107 Å². The molecule has 1 saturated heterocycles. The van der Waals surface area contributed by atoms with Crippen molar-refractivity contribution in [3.05, 3.63) is 22.6 Å². The van der Waals surface area contributed by atoms with Gasteiger partial charge in [0.15, 0.2) is 10.4 Å². The molecule has 0 spiro atoms. The van der Waals surface area contributed by atoms with Crippen molar-refractivity contribution >= 4 is 27.7 Å². The molecule has 1 aliphatic rings. The Morgan fingerprint density at radius 3 is 2.88 bits per heavy atom. The van der Waals surface area contributed by atoms with E-state index in [9.17, 15) is 9.59 Å². The minimum atomic E-state index is -0.378. The molecule has 0 bridgehead atoms. The van der Waals surface area contributed by atoms with Crippen molar-refractivity contribution in [2.24, 2.45) is 0 Å². The Morgan fingerprint density at radius 2 is 2.29 bits per heavy atom. The summed E-state index contributed by atoms with van der Waals surface area (Å²) >= 11 is 3.15. The van der Waals surface area contributed by atoms with Gasteiger partial charge in [-0.25, -0.2) is 0 Å². The van der Waals surface area contributed by atoms with Gasteiger partial charge in [0.05, 0.1) is 0 Å². The number of halogens is 1. The fourth-order valence-electron chi connectivity index (χ4n) is 2.02. The predicted octanol–water partition coefficient (Wildman–Crippen LogP) is 1.39. The van der Waals surface area contributed by atoms with Gasteiger partial charge in [0, 0.05) is 13.6 Å². The number of carbonyl (C=O) groups excluding carboxylic acids is 2. The Bertz CT molecular complexity index is 444. The molecule has 2 heterocycles. The fourth-order valence-corrected chi connectivity index (χ4v) is 2.33. The summed E-state index contributed by atoms with van der Waals surface area (Å²) in [7, 11) is 1.58. The van der Waals surface area contributed by atoms with Gasteiger partial charge in [-0.3, -0.25) is 9.59 Å². The average molecular weight is 301 g/mol. The van der Waals surface area contributed by atoms with E-state index in [1.165, 1.54) is 0 Å². The number of nitrogens with zero attached hydrogens (tertiary/aromatic N) is 1. The molecule has 0 aromatic carbocycles. The molecule has 1 atom stereocenters. The molecule has 0 radical (unpaired) electrons. The van der Waals surface area contributed by atoms with Crippen LogP contribution in [0.25, 0.3) is 0 Å². The van der Waals surface area contributed by atoms with Crippen molar-refractivity contribution in [1.82, 2.24) is 10.2 Å². The van der Waals surface area contributed by atoms with E-state index < -0.39 is 0 Å². The summed E-state index contributed by atoms with van der Waals surface area (Å²) in [6.07, 6.45) is 1.54. The summed E-state index contributed by atoms with van der Waals surface area (Å²) in [6.45, 7) is 0.592. The maximum absolute atomic E-state index is 12.1. The lowest BCUT2D eigenvalue weighted by Gasteiger charge is -2.22. The molecule has 5 nitrogen and oxygen atoms in total. The number of nitrogens with one attached hydrogen (secondary N) is 1. The molecule has 1 aromatic rings. The lowest BCUT2D eigenvalue weighted by Crippen LogP contribution is -2.44. The topological polar surface area (TPSA) is 62.6 Å². The van der Waals surface area contributed by atoms with Crippen LogP contribution in [-0.2, 0) is 4.79 Å². The molecule has 2 amide bonds. The Morgan fingerprint density at radius 1 is 1.53 bits per heavy atom. The molecule has 92 valence electrons. The van der Waals surface area contributed by atoms with Crippen LogP contribution in [0, 0.1) is 0 Å². The maximum Gasteiger partial charge on any atom is 0.290 e. The van der Waals surface area contributed by atoms with Crippen LogP contribution in [0.2, 0.25) is 0 Å². The molecular weight excluding hydrogens is 288 g/mol. The molecule has 1 unspecified atom stereocenters. The first-order valence-corrected chi connectivity index (χ1v) is 6.20. The summed E-state index contributed by atoms with van der Waals surface area (Å²) in [6, 6.07) is 2.89. The minimum absolute atomic E-state index is 0.124. The molecule has 6 heteroatoms. The van der Waals surface area contributed by atoms with Crippen molar-refractivity contribution in [2.45, 2.75) is 18.9 Å². The van der Waals surface area contributed by atoms with Gasteiger partial charge in [0.2, 0.25) is 5.91 Å². The highest BCUT2D eigenvalue weighted by Gasteiger charge is 2.35. The van der Waals surface area contributed by atoms with Gasteiger partial charge in [-0.15, -0.1) is 0 Å². The van der Waals surface area contributed by atoms with E-state index in [0.717, 1.165) is 6.42 Å². The van der Waals surface area contributed by atoms with Crippen LogP contribution in [0.1, 0.15) is 23.4 Å². The number of likely N-dealkylation sites (N-methyl/N-ethyl adjacent to an activating group) is 1. The van der Waals surface area contributed by atoms with Crippen LogP contribution in [-0.4, -0.2) is 36.3 Å². The first-order valence-electron chi connectivity index (χ1n) is 5.41. The van der Waals surface area contributed by atoms with Crippen LogP contribution < -0.4 is 5.32 Å². The first kappa shape index (κ1) is 12.2. The van der Waals surface area contributed by atoms with Crippen molar-refractivity contribution in [1.29, 1.82) is 0 Å². The van der Waals surface area contributed by atoms with Crippen molar-refractivity contribution in [3.63, 3.8) is 0 Å². The molecule has 0 saturated carbocycles. The second-order valence-corrected chi connectivity index (χ2v) is 4.66. The summed E-state index contributed by atoms with van der Waals surface area (Å²) in [4.78, 5) is 25.3. The van der Waals surface area contributed by atoms with Crippen LogP contribution >= 0.6 is 15.9 Å². The Balaban J connectivity index is 2.16. The van der Waals surface area contributed by atoms with Crippen LogP contribution in [0.5, 0.6) is 0 Å². The number of amides is 2. The van der Waals surface area contributed by atoms with Crippen LogP contribution in [0.3, 0.4) is 0 Å². The molecule has 1 fully saturated rings. The van der Waals surface area contributed by atoms with Gasteiger partial charge in [-0.2, -0.15) is 0 Å². The minimum Gasteiger partial charge on any atom is -0.444 e. The second-order valence-electron chi connectivity index (χ2n) is 3.87. The lowest BCUT2D eigenvalue weighted by atomic mass is 10.2. The average Bonchev–Trinajstić information content (AvgIpc) is 2.95. The number of hydrogen-bond acceptors (Lipinski definition) is 3. The maximum atomic E-state index is 12.1. The summed E-state index contributed by atoms with van der Waals surface area (Å²) in [5.41, 5.74) is 0. The number of carbonyl (C=O) groups is 2. The zero-order valence-corrected chi connectivity index (χ0v) is 11.0. The third-order valence-electron chi connectivity index (χ3n) is 2.85. The van der Waals surface area contributed by atoms with E-state index >= 15 is 0 Å². The molecule has 1 N–H and O–H groups in total. The largest absolute Gasteiger partial charge is 0.444 e. The monoisotopic (exact) mass is 300 g/mol. The smallest absolute Gasteiger partial charge is 0.290 e. The molecule has 2 rings (SSSR count). The predicted molar refractivity (Wildman–Crippen MR) is 64.5 cm³/mol. The van der Waals surface area contributed by atoms with E-state index in [-0.39, 0.29) is 23.6 Å². The SMILES string of the molecule is CNC(=O)C1CCCN1C(=O)c1ccc(Br)o1. The van der Waals surface area contributed by atoms with E-state index in [1.54, 1.807) is 24.1 Å². The standard InChI is InChI=1S/C11H13BrN2O3/c1-13-10(15)7-3-2-6-14(7)11(16)8-4-5-9(12)17-8/h4-5,7H,2-3,6H2,1H3,(H,13,15). The van der Waals surface area contributed by atoms with Gasteiger partial charge in [-0.1, -0.05) is 0 Å². The van der Waals surface area contributed by atoms with Gasteiger partial charge >= 0.3 is 0 Å². The molecule has 17 heavy (non-hydrogen) atoms. The summed E-state index contributed by atoms with van der Waals surface area (Å²) < 4.78 is 5.72. The zero-order chi connectivity index (χ0) is 12.4. The van der Waals surface area contributed by atoms with Gasteiger partial charge < -0.3 is 14.6 Å². The summed E-state index contributed by atoms with van der Waals surface area (Å²) in [5, 5.41) is 2.58. The quantitative estimate of drug-likeness (QED) is 0.898.